The van der Waals surface area contributed by atoms with Gasteiger partial charge in [-0.05, 0) is 84.9 Å². The lowest BCUT2D eigenvalue weighted by atomic mass is 9.34. The molecule has 0 aliphatic heterocycles. The summed E-state index contributed by atoms with van der Waals surface area (Å²) in [6.07, 6.45) is 15.6. The molecular formula is C31H48O3. The first-order chi connectivity index (χ1) is 15.7. The molecule has 0 aromatic carbocycles. The highest BCUT2D eigenvalue weighted by atomic mass is 16.5. The van der Waals surface area contributed by atoms with E-state index in [2.05, 4.69) is 66.7 Å². The number of aliphatic hydroxyl groups is 1. The number of allylic oxidation sites excluding steroid dienone is 3. The molecule has 0 bridgehead atoms. The molecule has 0 radical (unpaired) electrons. The molecule has 190 valence electrons. The van der Waals surface area contributed by atoms with Crippen LogP contribution in [0.25, 0.3) is 0 Å². The summed E-state index contributed by atoms with van der Waals surface area (Å²) in [4.78, 5) is 13.3. The molecule has 3 unspecified atom stereocenters. The number of carbonyl (C=O) groups excluding carboxylic acids is 1. The van der Waals surface area contributed by atoms with Gasteiger partial charge in [-0.15, -0.1) is 0 Å². The Bertz CT molecular complexity index is 942. The number of ether oxygens (including phenoxy) is 1. The van der Waals surface area contributed by atoms with Crippen LogP contribution < -0.4 is 0 Å². The summed E-state index contributed by atoms with van der Waals surface area (Å²) in [6.45, 7) is 17.0. The standard InChI is InChI=1S/C31H48O3/c1-26(2)15-17-31(25(33)34-8)18-16-29(6)20(21(31)19-26)9-10-23-28(5)13-12-24(32)27(3,4)22(28)11-14-30(23,29)7/h9,16,18,21-24,32H,10-15,17,19H2,1-8H3/t21?,22?,23?,24-,28-,29+,30+,31-/m0/s1. The van der Waals surface area contributed by atoms with E-state index < -0.39 is 5.41 Å². The van der Waals surface area contributed by atoms with Gasteiger partial charge in [-0.3, -0.25) is 4.79 Å². The van der Waals surface area contributed by atoms with Gasteiger partial charge in [0.2, 0.25) is 0 Å². The number of fused-ring (bicyclic) bond motifs is 7. The predicted octanol–water partition coefficient (Wildman–Crippen LogP) is 7.10. The Morgan fingerprint density at radius 3 is 2.32 bits per heavy atom. The average molecular weight is 469 g/mol. The Morgan fingerprint density at radius 1 is 0.941 bits per heavy atom. The van der Waals surface area contributed by atoms with Gasteiger partial charge in [0.25, 0.3) is 0 Å². The number of hydrogen-bond acceptors (Lipinski definition) is 3. The molecule has 0 saturated heterocycles. The first-order valence-corrected chi connectivity index (χ1v) is 13.9. The number of methoxy groups -OCH3 is 1. The molecule has 1 N–H and O–H groups in total. The van der Waals surface area contributed by atoms with E-state index in [0.717, 1.165) is 38.5 Å². The Hall–Kier alpha value is -1.09. The summed E-state index contributed by atoms with van der Waals surface area (Å²) >= 11 is 0. The van der Waals surface area contributed by atoms with Gasteiger partial charge < -0.3 is 9.84 Å². The topological polar surface area (TPSA) is 46.5 Å². The third kappa shape index (κ3) is 2.88. The third-order valence-electron chi connectivity index (χ3n) is 12.6. The monoisotopic (exact) mass is 468 g/mol. The minimum atomic E-state index is -0.503. The lowest BCUT2D eigenvalue weighted by Gasteiger charge is -2.70. The zero-order valence-corrected chi connectivity index (χ0v) is 23.0. The second kappa shape index (κ2) is 7.24. The molecule has 0 aromatic heterocycles. The number of hydrogen-bond donors (Lipinski definition) is 1. The van der Waals surface area contributed by atoms with Gasteiger partial charge >= 0.3 is 5.97 Å². The van der Waals surface area contributed by atoms with Gasteiger partial charge in [0.15, 0.2) is 0 Å². The fourth-order valence-corrected chi connectivity index (χ4v) is 10.2. The van der Waals surface area contributed by atoms with E-state index >= 15 is 0 Å². The van der Waals surface area contributed by atoms with Crippen molar-refractivity contribution >= 4 is 5.97 Å². The lowest BCUT2D eigenvalue weighted by Crippen LogP contribution is -2.64. The zero-order chi connectivity index (χ0) is 24.9. The Kier molecular flexibility index (Phi) is 5.23. The Morgan fingerprint density at radius 2 is 1.65 bits per heavy atom. The molecule has 0 spiro atoms. The number of carbonyl (C=O) groups is 1. The molecule has 0 aromatic rings. The van der Waals surface area contributed by atoms with Crippen molar-refractivity contribution in [2.45, 2.75) is 106 Å². The first kappa shape index (κ1) is 24.6. The molecule has 3 fully saturated rings. The van der Waals surface area contributed by atoms with Crippen LogP contribution in [0.4, 0.5) is 0 Å². The summed E-state index contributed by atoms with van der Waals surface area (Å²) < 4.78 is 5.44. The van der Waals surface area contributed by atoms with Crippen LogP contribution in [0.3, 0.4) is 0 Å². The van der Waals surface area contributed by atoms with Crippen molar-refractivity contribution in [3.8, 4) is 0 Å². The van der Waals surface area contributed by atoms with E-state index in [1.54, 1.807) is 7.11 Å². The third-order valence-corrected chi connectivity index (χ3v) is 12.6. The highest BCUT2D eigenvalue weighted by molar-refractivity contribution is 5.81. The van der Waals surface area contributed by atoms with Crippen LogP contribution in [-0.4, -0.2) is 24.3 Å². The summed E-state index contributed by atoms with van der Waals surface area (Å²) in [5.41, 5.74) is 1.56. The van der Waals surface area contributed by atoms with Crippen LogP contribution in [0.2, 0.25) is 0 Å². The van der Waals surface area contributed by atoms with Gasteiger partial charge in [-0.1, -0.05) is 72.3 Å². The fourth-order valence-electron chi connectivity index (χ4n) is 10.2. The fraction of sp³-hybridized carbons (Fsp3) is 0.839. The van der Waals surface area contributed by atoms with Crippen LogP contribution in [0.15, 0.2) is 23.8 Å². The maximum absolute atomic E-state index is 13.3. The largest absolute Gasteiger partial charge is 0.468 e. The zero-order valence-electron chi connectivity index (χ0n) is 23.0. The van der Waals surface area contributed by atoms with Crippen LogP contribution in [-0.2, 0) is 9.53 Å². The SMILES string of the molecule is COC(=O)[C@@]12C=C[C@]3(C)C(=CCC4[C@@]5(C)CC[C@H](O)C(C)(C)C5CC[C@]43C)C1CC(C)(C)CC2. The highest BCUT2D eigenvalue weighted by Crippen LogP contribution is 2.74. The average Bonchev–Trinajstić information content (AvgIpc) is 2.76. The van der Waals surface area contributed by atoms with E-state index in [-0.39, 0.29) is 45.1 Å². The van der Waals surface area contributed by atoms with Crippen molar-refractivity contribution in [2.24, 2.45) is 50.2 Å². The summed E-state index contributed by atoms with van der Waals surface area (Å²) in [6, 6.07) is 0. The second-order valence-corrected chi connectivity index (χ2v) is 14.8. The molecule has 34 heavy (non-hydrogen) atoms. The maximum atomic E-state index is 13.3. The Labute approximate surface area is 207 Å². The Balaban J connectivity index is 1.62. The van der Waals surface area contributed by atoms with Crippen LogP contribution in [0.1, 0.15) is 99.8 Å². The van der Waals surface area contributed by atoms with Crippen molar-refractivity contribution in [1.29, 1.82) is 0 Å². The summed E-state index contributed by atoms with van der Waals surface area (Å²) in [5.74, 6) is 1.33. The van der Waals surface area contributed by atoms with Gasteiger partial charge in [-0.25, -0.2) is 0 Å². The summed E-state index contributed by atoms with van der Waals surface area (Å²) in [7, 11) is 1.56. The van der Waals surface area contributed by atoms with E-state index in [1.807, 2.05) is 0 Å². The van der Waals surface area contributed by atoms with Crippen molar-refractivity contribution in [3.63, 3.8) is 0 Å². The quantitative estimate of drug-likeness (QED) is 0.330. The molecule has 5 rings (SSSR count). The minimum absolute atomic E-state index is 0.0327. The predicted molar refractivity (Wildman–Crippen MR) is 137 cm³/mol. The van der Waals surface area contributed by atoms with Gasteiger partial charge in [0, 0.05) is 11.3 Å². The normalized spacial score (nSPS) is 50.7. The van der Waals surface area contributed by atoms with E-state index in [4.69, 9.17) is 4.74 Å². The minimum Gasteiger partial charge on any atom is -0.468 e. The summed E-state index contributed by atoms with van der Waals surface area (Å²) in [5, 5.41) is 10.9. The lowest BCUT2D eigenvalue weighted by molar-refractivity contribution is -0.191. The highest BCUT2D eigenvalue weighted by Gasteiger charge is 2.68. The smallest absolute Gasteiger partial charge is 0.316 e. The molecule has 5 aliphatic carbocycles. The number of esters is 1. The van der Waals surface area contributed by atoms with Crippen LogP contribution >= 0.6 is 0 Å². The molecule has 3 nitrogen and oxygen atoms in total. The van der Waals surface area contributed by atoms with E-state index in [9.17, 15) is 9.90 Å². The van der Waals surface area contributed by atoms with Crippen LogP contribution in [0, 0.1) is 50.2 Å². The van der Waals surface area contributed by atoms with E-state index in [1.165, 1.54) is 18.4 Å². The molecule has 0 amide bonds. The molecule has 5 aliphatic rings. The molecule has 8 atom stereocenters. The second-order valence-electron chi connectivity index (χ2n) is 14.8. The van der Waals surface area contributed by atoms with Crippen molar-refractivity contribution in [1.82, 2.24) is 0 Å². The van der Waals surface area contributed by atoms with Crippen molar-refractivity contribution in [3.05, 3.63) is 23.8 Å². The maximum Gasteiger partial charge on any atom is 0.316 e. The molecule has 3 heteroatoms. The molecule has 3 saturated carbocycles. The number of rotatable bonds is 1. The van der Waals surface area contributed by atoms with Crippen molar-refractivity contribution in [2.75, 3.05) is 7.11 Å². The van der Waals surface area contributed by atoms with Gasteiger partial charge in [-0.2, -0.15) is 0 Å². The first-order valence-electron chi connectivity index (χ1n) is 13.9. The van der Waals surface area contributed by atoms with Crippen LogP contribution in [0.5, 0.6) is 0 Å². The molecular weight excluding hydrogens is 420 g/mol. The van der Waals surface area contributed by atoms with Crippen molar-refractivity contribution < 1.29 is 14.6 Å². The van der Waals surface area contributed by atoms with Gasteiger partial charge in [0.1, 0.15) is 0 Å². The number of aliphatic hydroxyl groups excluding tert-OH is 1. The van der Waals surface area contributed by atoms with Gasteiger partial charge in [0.05, 0.1) is 18.6 Å². The molecule has 0 heterocycles. The van der Waals surface area contributed by atoms with E-state index in [0.29, 0.717) is 11.8 Å².